The van der Waals surface area contributed by atoms with Gasteiger partial charge in [-0.15, -0.1) is 0 Å². The zero-order chi connectivity index (χ0) is 10.0. The number of nitrogens with zero attached hydrogens (tertiary/aromatic N) is 2. The van der Waals surface area contributed by atoms with E-state index in [1.54, 1.807) is 6.92 Å². The maximum Gasteiger partial charge on any atom is 0.320 e. The third-order valence-electron chi connectivity index (χ3n) is 2.91. The van der Waals surface area contributed by atoms with Crippen molar-refractivity contribution < 1.29 is 9.90 Å². The van der Waals surface area contributed by atoms with Crippen LogP contribution in [0.4, 0.5) is 0 Å². The molecule has 0 radical (unpaired) electrons. The molecular formula is C9H18N2O2. The minimum atomic E-state index is -0.739. The predicted octanol–water partition coefficient (Wildman–Crippen LogP) is 0.0954. The van der Waals surface area contributed by atoms with E-state index in [2.05, 4.69) is 11.9 Å². The highest BCUT2D eigenvalue weighted by molar-refractivity contribution is 5.72. The zero-order valence-electron chi connectivity index (χ0n) is 8.53. The van der Waals surface area contributed by atoms with Gasteiger partial charge in [-0.25, -0.2) is 0 Å². The first kappa shape index (κ1) is 10.5. The van der Waals surface area contributed by atoms with Crippen LogP contribution in [0.5, 0.6) is 0 Å². The summed E-state index contributed by atoms with van der Waals surface area (Å²) in [5, 5.41) is 8.82. The molecule has 4 heteroatoms. The number of hydrogen-bond acceptors (Lipinski definition) is 3. The van der Waals surface area contributed by atoms with Gasteiger partial charge in [0, 0.05) is 12.6 Å². The van der Waals surface area contributed by atoms with Crippen LogP contribution in [0.25, 0.3) is 0 Å². The Labute approximate surface area is 79.1 Å². The molecule has 4 nitrogen and oxygen atoms in total. The number of carboxylic acids is 1. The van der Waals surface area contributed by atoms with E-state index in [0.29, 0.717) is 6.04 Å². The lowest BCUT2D eigenvalue weighted by Crippen LogP contribution is -2.44. The van der Waals surface area contributed by atoms with Crippen LogP contribution >= 0.6 is 0 Å². The Bertz CT molecular complexity index is 196. The summed E-state index contributed by atoms with van der Waals surface area (Å²) in [6.07, 6.45) is 1.07. The van der Waals surface area contributed by atoms with Crippen LogP contribution < -0.4 is 0 Å². The molecule has 0 bridgehead atoms. The van der Waals surface area contributed by atoms with Gasteiger partial charge in [-0.1, -0.05) is 0 Å². The van der Waals surface area contributed by atoms with Gasteiger partial charge < -0.3 is 10.0 Å². The summed E-state index contributed by atoms with van der Waals surface area (Å²) in [6, 6.07) is 0.0209. The van der Waals surface area contributed by atoms with Gasteiger partial charge in [0.2, 0.25) is 0 Å². The van der Waals surface area contributed by atoms with Crippen molar-refractivity contribution in [3.63, 3.8) is 0 Å². The second kappa shape index (κ2) is 4.07. The lowest BCUT2D eigenvalue weighted by atomic mass is 10.2. The molecule has 2 atom stereocenters. The third-order valence-corrected chi connectivity index (χ3v) is 2.91. The minimum Gasteiger partial charge on any atom is -0.480 e. The number of carbonyl (C=O) groups is 1. The van der Waals surface area contributed by atoms with Crippen molar-refractivity contribution >= 4 is 5.97 Å². The van der Waals surface area contributed by atoms with E-state index >= 15 is 0 Å². The average Bonchev–Trinajstić information content (AvgIpc) is 2.49. The summed E-state index contributed by atoms with van der Waals surface area (Å²) in [5.41, 5.74) is 0. The van der Waals surface area contributed by atoms with Crippen molar-refractivity contribution in [3.05, 3.63) is 0 Å². The molecular weight excluding hydrogens is 168 g/mol. The Morgan fingerprint density at radius 2 is 2.31 bits per heavy atom. The van der Waals surface area contributed by atoms with E-state index in [4.69, 9.17) is 5.11 Å². The Kier molecular flexibility index (Phi) is 3.27. The molecule has 1 fully saturated rings. The maximum atomic E-state index is 10.7. The van der Waals surface area contributed by atoms with Crippen molar-refractivity contribution in [2.24, 2.45) is 0 Å². The van der Waals surface area contributed by atoms with Gasteiger partial charge in [0.15, 0.2) is 0 Å². The van der Waals surface area contributed by atoms with Crippen LogP contribution in [0.1, 0.15) is 13.3 Å². The monoisotopic (exact) mass is 186 g/mol. The number of aliphatic carboxylic acids is 1. The Balaban J connectivity index is 2.47. The molecule has 0 aromatic carbocycles. The van der Waals surface area contributed by atoms with E-state index in [1.165, 1.54) is 0 Å². The van der Waals surface area contributed by atoms with E-state index < -0.39 is 5.97 Å². The summed E-state index contributed by atoms with van der Waals surface area (Å²) in [6.45, 7) is 3.79. The van der Waals surface area contributed by atoms with E-state index in [0.717, 1.165) is 19.5 Å². The standard InChI is InChI=1S/C9H18N2O2/c1-7(9(12)13)11(3)8-4-5-10(2)6-8/h7-8H,4-6H2,1-3H3,(H,12,13). The summed E-state index contributed by atoms with van der Waals surface area (Å²) >= 11 is 0. The van der Waals surface area contributed by atoms with E-state index in [-0.39, 0.29) is 6.04 Å². The van der Waals surface area contributed by atoms with Gasteiger partial charge in [-0.2, -0.15) is 0 Å². The van der Waals surface area contributed by atoms with Gasteiger partial charge in [-0.05, 0) is 34.0 Å². The van der Waals surface area contributed by atoms with Gasteiger partial charge in [0.05, 0.1) is 0 Å². The highest BCUT2D eigenvalue weighted by Gasteiger charge is 2.28. The Morgan fingerprint density at radius 3 is 2.69 bits per heavy atom. The fourth-order valence-electron chi connectivity index (χ4n) is 1.73. The van der Waals surface area contributed by atoms with Crippen LogP contribution in [-0.2, 0) is 4.79 Å². The smallest absolute Gasteiger partial charge is 0.320 e. The number of likely N-dealkylation sites (N-methyl/N-ethyl adjacent to an activating group) is 2. The van der Waals surface area contributed by atoms with Crippen LogP contribution in [0.2, 0.25) is 0 Å². The summed E-state index contributed by atoms with van der Waals surface area (Å²) in [5.74, 6) is -0.739. The average molecular weight is 186 g/mol. The molecule has 0 aliphatic carbocycles. The number of carboxylic acid groups (broad SMARTS) is 1. The molecule has 13 heavy (non-hydrogen) atoms. The second-order valence-electron chi connectivity index (χ2n) is 3.88. The van der Waals surface area contributed by atoms with Crippen molar-refractivity contribution in [2.75, 3.05) is 27.2 Å². The van der Waals surface area contributed by atoms with Gasteiger partial charge in [0.25, 0.3) is 0 Å². The minimum absolute atomic E-state index is 0.378. The maximum absolute atomic E-state index is 10.7. The van der Waals surface area contributed by atoms with Gasteiger partial charge >= 0.3 is 5.97 Å². The predicted molar refractivity (Wildman–Crippen MR) is 50.8 cm³/mol. The first-order valence-corrected chi connectivity index (χ1v) is 4.65. The van der Waals surface area contributed by atoms with E-state index in [9.17, 15) is 4.79 Å². The summed E-state index contributed by atoms with van der Waals surface area (Å²) in [4.78, 5) is 14.9. The third kappa shape index (κ3) is 2.42. The molecule has 1 heterocycles. The first-order valence-electron chi connectivity index (χ1n) is 4.65. The fraction of sp³-hybridized carbons (Fsp3) is 0.889. The molecule has 0 aromatic heterocycles. The highest BCUT2D eigenvalue weighted by atomic mass is 16.4. The van der Waals surface area contributed by atoms with Crippen molar-refractivity contribution in [1.82, 2.24) is 9.80 Å². The molecule has 0 spiro atoms. The normalized spacial score (nSPS) is 26.6. The molecule has 0 aromatic rings. The molecule has 1 aliphatic heterocycles. The number of rotatable bonds is 3. The Morgan fingerprint density at radius 1 is 1.69 bits per heavy atom. The Hall–Kier alpha value is -0.610. The molecule has 1 rings (SSSR count). The lowest BCUT2D eigenvalue weighted by Gasteiger charge is -2.27. The summed E-state index contributed by atoms with van der Waals surface area (Å²) < 4.78 is 0. The molecule has 1 N–H and O–H groups in total. The van der Waals surface area contributed by atoms with Crippen molar-refractivity contribution in [1.29, 1.82) is 0 Å². The van der Waals surface area contributed by atoms with Gasteiger partial charge in [0.1, 0.15) is 6.04 Å². The van der Waals surface area contributed by atoms with E-state index in [1.807, 2.05) is 11.9 Å². The molecule has 0 saturated carbocycles. The molecule has 76 valence electrons. The van der Waals surface area contributed by atoms with Crippen LogP contribution in [-0.4, -0.2) is 60.1 Å². The molecule has 1 saturated heterocycles. The topological polar surface area (TPSA) is 43.8 Å². The highest BCUT2D eigenvalue weighted by Crippen LogP contribution is 2.14. The van der Waals surface area contributed by atoms with Crippen LogP contribution in [0.3, 0.4) is 0 Å². The first-order chi connectivity index (χ1) is 6.02. The summed E-state index contributed by atoms with van der Waals surface area (Å²) in [7, 11) is 3.96. The molecule has 1 aliphatic rings. The largest absolute Gasteiger partial charge is 0.480 e. The number of hydrogen-bond donors (Lipinski definition) is 1. The SMILES string of the molecule is CC(C(=O)O)N(C)C1CCN(C)C1. The second-order valence-corrected chi connectivity index (χ2v) is 3.88. The molecule has 2 unspecified atom stereocenters. The van der Waals surface area contributed by atoms with Crippen molar-refractivity contribution in [2.45, 2.75) is 25.4 Å². The quantitative estimate of drug-likeness (QED) is 0.678. The lowest BCUT2D eigenvalue weighted by molar-refractivity contribution is -0.142. The fourth-order valence-corrected chi connectivity index (χ4v) is 1.73. The molecule has 0 amide bonds. The van der Waals surface area contributed by atoms with Crippen LogP contribution in [0, 0.1) is 0 Å². The van der Waals surface area contributed by atoms with Crippen LogP contribution in [0.15, 0.2) is 0 Å². The zero-order valence-corrected chi connectivity index (χ0v) is 8.53. The van der Waals surface area contributed by atoms with Gasteiger partial charge in [-0.3, -0.25) is 9.69 Å². The number of likely N-dealkylation sites (tertiary alicyclic amines) is 1. The van der Waals surface area contributed by atoms with Crippen molar-refractivity contribution in [3.8, 4) is 0 Å².